The molecule has 1 amide bonds. The Balaban J connectivity index is 1.80. The van der Waals surface area contributed by atoms with E-state index in [9.17, 15) is 9.18 Å². The van der Waals surface area contributed by atoms with Gasteiger partial charge in [0.15, 0.2) is 0 Å². The fourth-order valence-corrected chi connectivity index (χ4v) is 3.96. The first kappa shape index (κ1) is 18.1. The molecule has 0 unspecified atom stereocenters. The first-order valence-corrected chi connectivity index (χ1v) is 9.36. The van der Waals surface area contributed by atoms with Crippen molar-refractivity contribution in [3.05, 3.63) is 29.6 Å². The van der Waals surface area contributed by atoms with E-state index >= 15 is 0 Å². The number of carbonyl (C=O) groups is 1. The zero-order chi connectivity index (χ0) is 16.8. The van der Waals surface area contributed by atoms with Gasteiger partial charge in [0, 0.05) is 17.4 Å². The number of nitrogens with one attached hydrogen (secondary N) is 1. The number of thioether (sulfide) groups is 1. The Labute approximate surface area is 142 Å². The molecule has 3 nitrogen and oxygen atoms in total. The van der Waals surface area contributed by atoms with Crippen LogP contribution in [-0.2, 0) is 10.5 Å². The lowest BCUT2D eigenvalue weighted by Gasteiger charge is -2.34. The van der Waals surface area contributed by atoms with Crippen LogP contribution in [0.2, 0.25) is 0 Å². The molecule has 0 saturated heterocycles. The largest absolute Gasteiger partial charge is 0.496 e. The Morgan fingerprint density at radius 1 is 1.39 bits per heavy atom. The van der Waals surface area contributed by atoms with Gasteiger partial charge in [0.25, 0.3) is 0 Å². The number of amides is 1. The van der Waals surface area contributed by atoms with Gasteiger partial charge in [0.1, 0.15) is 11.6 Å². The van der Waals surface area contributed by atoms with Gasteiger partial charge in [0.2, 0.25) is 5.91 Å². The van der Waals surface area contributed by atoms with Crippen LogP contribution in [0, 0.1) is 17.7 Å². The van der Waals surface area contributed by atoms with E-state index in [0.29, 0.717) is 29.1 Å². The quantitative estimate of drug-likeness (QED) is 0.851. The van der Waals surface area contributed by atoms with E-state index in [1.807, 2.05) is 0 Å². The van der Waals surface area contributed by atoms with Gasteiger partial charge < -0.3 is 10.1 Å². The summed E-state index contributed by atoms with van der Waals surface area (Å²) in [6, 6.07) is 4.76. The summed E-state index contributed by atoms with van der Waals surface area (Å²) in [5.41, 5.74) is 0.782. The normalized spacial score (nSPS) is 24.3. The third-order valence-electron chi connectivity index (χ3n) is 4.79. The van der Waals surface area contributed by atoms with E-state index in [1.165, 1.54) is 36.7 Å². The molecule has 3 atom stereocenters. The number of methoxy groups -OCH3 is 1. The predicted molar refractivity (Wildman–Crippen MR) is 93.2 cm³/mol. The number of ether oxygens (including phenoxy) is 1. The molecule has 5 heteroatoms. The van der Waals surface area contributed by atoms with Crippen LogP contribution in [0.1, 0.15) is 38.7 Å². The summed E-state index contributed by atoms with van der Waals surface area (Å²) in [5.74, 6) is 2.59. The first-order valence-electron chi connectivity index (χ1n) is 8.20. The smallest absolute Gasteiger partial charge is 0.230 e. The highest BCUT2D eigenvalue weighted by Gasteiger charge is 2.27. The number of hydrogen-bond acceptors (Lipinski definition) is 3. The Morgan fingerprint density at radius 2 is 2.17 bits per heavy atom. The molecule has 1 aromatic rings. The summed E-state index contributed by atoms with van der Waals surface area (Å²) in [4.78, 5) is 12.1. The Hall–Kier alpha value is -1.23. The highest BCUT2D eigenvalue weighted by Crippen LogP contribution is 2.29. The number of benzene rings is 1. The van der Waals surface area contributed by atoms with Gasteiger partial charge in [-0.3, -0.25) is 4.79 Å². The van der Waals surface area contributed by atoms with Gasteiger partial charge in [-0.1, -0.05) is 26.7 Å². The Morgan fingerprint density at radius 3 is 2.91 bits per heavy atom. The average Bonchev–Trinajstić information content (AvgIpc) is 2.52. The van der Waals surface area contributed by atoms with Gasteiger partial charge in [0.05, 0.1) is 12.9 Å². The number of hydrogen-bond donors (Lipinski definition) is 1. The zero-order valence-electron chi connectivity index (χ0n) is 14.1. The summed E-state index contributed by atoms with van der Waals surface area (Å²) in [5, 5.41) is 3.16. The second-order valence-electron chi connectivity index (χ2n) is 6.39. The Kier molecular flexibility index (Phi) is 6.75. The van der Waals surface area contributed by atoms with Crippen LogP contribution >= 0.6 is 11.8 Å². The van der Waals surface area contributed by atoms with Gasteiger partial charge in [-0.05, 0) is 36.5 Å². The molecule has 1 N–H and O–H groups in total. The highest BCUT2D eigenvalue weighted by molar-refractivity contribution is 7.99. The van der Waals surface area contributed by atoms with Crippen molar-refractivity contribution in [2.45, 2.75) is 44.9 Å². The molecule has 128 valence electrons. The second kappa shape index (κ2) is 8.57. The SMILES string of the molecule is COc1ccc(F)cc1CSCC(=O)N[C@H]1CCC[C@H](C)[C@H]1C. The van der Waals surface area contributed by atoms with Crippen LogP contribution in [0.15, 0.2) is 18.2 Å². The molecule has 2 rings (SSSR count). The molecule has 1 fully saturated rings. The molecular formula is C18H26FNO2S. The molecule has 0 spiro atoms. The molecule has 1 aliphatic rings. The maximum Gasteiger partial charge on any atom is 0.230 e. The third-order valence-corrected chi connectivity index (χ3v) is 5.77. The summed E-state index contributed by atoms with van der Waals surface area (Å²) >= 11 is 1.48. The molecule has 0 heterocycles. The van der Waals surface area contributed by atoms with E-state index in [1.54, 1.807) is 13.2 Å². The van der Waals surface area contributed by atoms with Crippen molar-refractivity contribution in [1.29, 1.82) is 0 Å². The van der Waals surface area contributed by atoms with Crippen molar-refractivity contribution in [3.8, 4) is 5.75 Å². The second-order valence-corrected chi connectivity index (χ2v) is 7.38. The van der Waals surface area contributed by atoms with E-state index in [2.05, 4.69) is 19.2 Å². The van der Waals surface area contributed by atoms with Gasteiger partial charge >= 0.3 is 0 Å². The van der Waals surface area contributed by atoms with E-state index in [0.717, 1.165) is 12.0 Å². The first-order chi connectivity index (χ1) is 11.0. The lowest BCUT2D eigenvalue weighted by atomic mass is 9.78. The fourth-order valence-electron chi connectivity index (χ4n) is 3.15. The predicted octanol–water partition coefficient (Wildman–Crippen LogP) is 4.01. The number of rotatable bonds is 6. The van der Waals surface area contributed by atoms with Crippen molar-refractivity contribution in [3.63, 3.8) is 0 Å². The molecule has 1 saturated carbocycles. The minimum absolute atomic E-state index is 0.0660. The van der Waals surface area contributed by atoms with Crippen LogP contribution in [0.4, 0.5) is 4.39 Å². The minimum atomic E-state index is -0.282. The van der Waals surface area contributed by atoms with Crippen molar-refractivity contribution >= 4 is 17.7 Å². The Bertz CT molecular complexity index is 538. The monoisotopic (exact) mass is 339 g/mol. The van der Waals surface area contributed by atoms with Gasteiger partial charge in [-0.2, -0.15) is 0 Å². The van der Waals surface area contributed by atoms with E-state index in [4.69, 9.17) is 4.74 Å². The molecule has 0 radical (unpaired) electrons. The molecular weight excluding hydrogens is 313 g/mol. The lowest BCUT2D eigenvalue weighted by Crippen LogP contribution is -2.44. The number of halogens is 1. The fraction of sp³-hybridized carbons (Fsp3) is 0.611. The highest BCUT2D eigenvalue weighted by atomic mass is 32.2. The summed E-state index contributed by atoms with van der Waals surface area (Å²) in [7, 11) is 1.57. The van der Waals surface area contributed by atoms with E-state index in [-0.39, 0.29) is 17.8 Å². The van der Waals surface area contributed by atoms with Crippen LogP contribution in [-0.4, -0.2) is 24.8 Å². The van der Waals surface area contributed by atoms with Gasteiger partial charge in [-0.25, -0.2) is 4.39 Å². The maximum atomic E-state index is 13.3. The summed E-state index contributed by atoms with van der Waals surface area (Å²) in [6.07, 6.45) is 3.51. The maximum absolute atomic E-state index is 13.3. The lowest BCUT2D eigenvalue weighted by molar-refractivity contribution is -0.119. The molecule has 1 aromatic carbocycles. The van der Waals surface area contributed by atoms with Crippen LogP contribution in [0.3, 0.4) is 0 Å². The van der Waals surface area contributed by atoms with Crippen molar-refractivity contribution in [2.24, 2.45) is 11.8 Å². The van der Waals surface area contributed by atoms with Crippen molar-refractivity contribution in [2.75, 3.05) is 12.9 Å². The molecule has 0 aliphatic heterocycles. The molecule has 0 aromatic heterocycles. The zero-order valence-corrected chi connectivity index (χ0v) is 14.9. The minimum Gasteiger partial charge on any atom is -0.496 e. The van der Waals surface area contributed by atoms with Crippen molar-refractivity contribution < 1.29 is 13.9 Å². The van der Waals surface area contributed by atoms with Crippen LogP contribution < -0.4 is 10.1 Å². The molecule has 23 heavy (non-hydrogen) atoms. The summed E-state index contributed by atoms with van der Waals surface area (Å²) < 4.78 is 18.5. The van der Waals surface area contributed by atoms with Crippen LogP contribution in [0.5, 0.6) is 5.75 Å². The number of carbonyl (C=O) groups excluding carboxylic acids is 1. The average molecular weight is 339 g/mol. The third kappa shape index (κ3) is 5.13. The molecule has 0 bridgehead atoms. The standard InChI is InChI=1S/C18H26FNO2S/c1-12-5-4-6-16(13(12)2)20-18(21)11-23-10-14-9-15(19)7-8-17(14)22-3/h7-9,12-13,16H,4-6,10-11H2,1-3H3,(H,20,21)/t12-,13+,16-/m0/s1. The molecule has 1 aliphatic carbocycles. The van der Waals surface area contributed by atoms with Crippen LogP contribution in [0.25, 0.3) is 0 Å². The summed E-state index contributed by atoms with van der Waals surface area (Å²) in [6.45, 7) is 4.48. The van der Waals surface area contributed by atoms with Gasteiger partial charge in [-0.15, -0.1) is 11.8 Å². The van der Waals surface area contributed by atoms with Crippen molar-refractivity contribution in [1.82, 2.24) is 5.32 Å². The van der Waals surface area contributed by atoms with E-state index < -0.39 is 0 Å². The topological polar surface area (TPSA) is 38.3 Å².